The van der Waals surface area contributed by atoms with Crippen molar-refractivity contribution in [1.82, 2.24) is 20.9 Å². The van der Waals surface area contributed by atoms with Crippen molar-refractivity contribution in [3.8, 4) is 0 Å². The summed E-state index contributed by atoms with van der Waals surface area (Å²) in [6.45, 7) is 4.14. The molecule has 1 saturated heterocycles. The van der Waals surface area contributed by atoms with E-state index < -0.39 is 91.3 Å². The molecule has 0 saturated carbocycles. The molecule has 0 aromatic heterocycles. The van der Waals surface area contributed by atoms with Gasteiger partial charge in [-0.3, -0.25) is 24.0 Å². The number of nitrogens with zero attached hydrogens (tertiary/aromatic N) is 1. The van der Waals surface area contributed by atoms with Crippen molar-refractivity contribution in [1.29, 1.82) is 0 Å². The van der Waals surface area contributed by atoms with Gasteiger partial charge in [0.1, 0.15) is 24.2 Å². The summed E-state index contributed by atoms with van der Waals surface area (Å²) in [5, 5.41) is 44.6. The number of carbonyl (C=O) groups excluding carboxylic acids is 4. The first-order valence-electron chi connectivity index (χ1n) is 12.5. The predicted molar refractivity (Wildman–Crippen MR) is 131 cm³/mol. The Morgan fingerprint density at radius 3 is 2.13 bits per heavy atom. The maximum Gasteiger partial charge on any atom is 0.326 e. The highest BCUT2D eigenvalue weighted by Crippen LogP contribution is 2.20. The van der Waals surface area contributed by atoms with Crippen LogP contribution in [-0.2, 0) is 28.8 Å². The molecule has 0 aromatic rings. The number of carbonyl (C=O) groups is 6. The Labute approximate surface area is 220 Å². The standard InChI is InChI=1S/C23H39N5O10/c1-4-11(2)17(24)21(35)27-18(12(3)30)22(36)28-9-5-6-15(28)20(34)26-14(10-29)19(33)25-13(23(37)38)7-8-16(31)32/h11-15,17-18,29-30H,4-10,24H2,1-3H3,(H,25,33)(H,26,34)(H,27,35)(H,31,32)(H,37,38)/t11-,12+,13-,14-,15-,17-,18-/m0/s1. The fourth-order valence-corrected chi connectivity index (χ4v) is 3.89. The fraction of sp³-hybridized carbons (Fsp3) is 0.739. The van der Waals surface area contributed by atoms with Crippen LogP contribution in [0.5, 0.6) is 0 Å². The van der Waals surface area contributed by atoms with Crippen molar-refractivity contribution in [3.63, 3.8) is 0 Å². The highest BCUT2D eigenvalue weighted by Gasteiger charge is 2.41. The molecule has 9 N–H and O–H groups in total. The normalized spacial score (nSPS) is 19.8. The molecular weight excluding hydrogens is 506 g/mol. The molecule has 1 fully saturated rings. The van der Waals surface area contributed by atoms with Crippen LogP contribution in [0, 0.1) is 5.92 Å². The van der Waals surface area contributed by atoms with Crippen molar-refractivity contribution < 1.29 is 49.2 Å². The molecule has 0 aliphatic carbocycles. The molecule has 0 spiro atoms. The lowest BCUT2D eigenvalue weighted by molar-refractivity contribution is -0.145. The Morgan fingerprint density at radius 1 is 1.00 bits per heavy atom. The monoisotopic (exact) mass is 545 g/mol. The molecule has 1 rings (SSSR count). The largest absolute Gasteiger partial charge is 0.481 e. The third kappa shape index (κ3) is 9.22. The summed E-state index contributed by atoms with van der Waals surface area (Å²) in [7, 11) is 0. The third-order valence-electron chi connectivity index (χ3n) is 6.52. The van der Waals surface area contributed by atoms with Crippen LogP contribution in [0.2, 0.25) is 0 Å². The van der Waals surface area contributed by atoms with Gasteiger partial charge in [-0.25, -0.2) is 4.79 Å². The zero-order chi connectivity index (χ0) is 29.2. The number of nitrogens with two attached hydrogens (primary N) is 1. The van der Waals surface area contributed by atoms with Crippen molar-refractivity contribution >= 4 is 35.6 Å². The third-order valence-corrected chi connectivity index (χ3v) is 6.52. The summed E-state index contributed by atoms with van der Waals surface area (Å²) in [5.41, 5.74) is 5.92. The molecular formula is C23H39N5O10. The average Bonchev–Trinajstić information content (AvgIpc) is 3.36. The Balaban J connectivity index is 2.93. The quantitative estimate of drug-likeness (QED) is 0.104. The van der Waals surface area contributed by atoms with Gasteiger partial charge in [-0.1, -0.05) is 20.3 Å². The van der Waals surface area contributed by atoms with E-state index in [0.717, 1.165) is 4.90 Å². The topological polar surface area (TPSA) is 249 Å². The molecule has 216 valence electrons. The summed E-state index contributed by atoms with van der Waals surface area (Å²) in [6, 6.07) is -6.53. The molecule has 0 bridgehead atoms. The lowest BCUT2D eigenvalue weighted by Crippen LogP contribution is -2.61. The van der Waals surface area contributed by atoms with E-state index >= 15 is 0 Å². The summed E-state index contributed by atoms with van der Waals surface area (Å²) in [4.78, 5) is 74.4. The number of carboxylic acids is 2. The second-order valence-electron chi connectivity index (χ2n) is 9.40. The van der Waals surface area contributed by atoms with E-state index in [2.05, 4.69) is 16.0 Å². The maximum atomic E-state index is 13.2. The van der Waals surface area contributed by atoms with Gasteiger partial charge in [0.15, 0.2) is 0 Å². The molecule has 0 aromatic carbocycles. The van der Waals surface area contributed by atoms with Crippen LogP contribution in [0.25, 0.3) is 0 Å². The predicted octanol–water partition coefficient (Wildman–Crippen LogP) is -2.87. The van der Waals surface area contributed by atoms with E-state index in [-0.39, 0.29) is 18.9 Å². The number of likely N-dealkylation sites (tertiary alicyclic amines) is 1. The second kappa shape index (κ2) is 15.2. The average molecular weight is 546 g/mol. The Bertz CT molecular complexity index is 883. The number of aliphatic carboxylic acids is 2. The van der Waals surface area contributed by atoms with Crippen molar-refractivity contribution in [3.05, 3.63) is 0 Å². The lowest BCUT2D eigenvalue weighted by atomic mass is 9.98. The molecule has 15 heteroatoms. The minimum absolute atomic E-state index is 0.125. The number of nitrogens with one attached hydrogen (secondary N) is 3. The molecule has 0 unspecified atom stereocenters. The van der Waals surface area contributed by atoms with Gasteiger partial charge in [0.05, 0.1) is 18.8 Å². The summed E-state index contributed by atoms with van der Waals surface area (Å²) >= 11 is 0. The van der Waals surface area contributed by atoms with Gasteiger partial charge in [0, 0.05) is 13.0 Å². The van der Waals surface area contributed by atoms with Gasteiger partial charge in [0.2, 0.25) is 23.6 Å². The van der Waals surface area contributed by atoms with Crippen LogP contribution in [0.15, 0.2) is 0 Å². The van der Waals surface area contributed by atoms with Gasteiger partial charge in [-0.15, -0.1) is 0 Å². The van der Waals surface area contributed by atoms with Crippen LogP contribution < -0.4 is 21.7 Å². The molecule has 1 aliphatic heterocycles. The molecule has 38 heavy (non-hydrogen) atoms. The van der Waals surface area contributed by atoms with Gasteiger partial charge in [0.25, 0.3) is 0 Å². The molecule has 0 radical (unpaired) electrons. The number of hydrogen-bond acceptors (Lipinski definition) is 9. The smallest absolute Gasteiger partial charge is 0.326 e. The molecule has 1 aliphatic rings. The minimum Gasteiger partial charge on any atom is -0.481 e. The van der Waals surface area contributed by atoms with E-state index in [4.69, 9.17) is 10.8 Å². The first-order chi connectivity index (χ1) is 17.7. The molecule has 1 heterocycles. The number of hydrogen-bond donors (Lipinski definition) is 8. The summed E-state index contributed by atoms with van der Waals surface area (Å²) in [6.07, 6.45) is -1.04. The van der Waals surface area contributed by atoms with Crippen LogP contribution in [0.3, 0.4) is 0 Å². The van der Waals surface area contributed by atoms with Gasteiger partial charge in [-0.05, 0) is 32.1 Å². The number of aliphatic hydroxyl groups is 2. The van der Waals surface area contributed by atoms with E-state index in [9.17, 15) is 44.1 Å². The zero-order valence-corrected chi connectivity index (χ0v) is 21.8. The number of amides is 4. The Morgan fingerprint density at radius 2 is 1.63 bits per heavy atom. The van der Waals surface area contributed by atoms with Gasteiger partial charge >= 0.3 is 11.9 Å². The molecule has 4 amide bonds. The SMILES string of the molecule is CC[C@H](C)[C@H](N)C(=O)N[C@H](C(=O)N1CCC[C@H]1C(=O)N[C@@H](CO)C(=O)N[C@@H](CCC(=O)O)C(=O)O)[C@@H](C)O. The van der Waals surface area contributed by atoms with Crippen molar-refractivity contribution in [2.75, 3.05) is 13.2 Å². The highest BCUT2D eigenvalue weighted by molar-refractivity contribution is 5.96. The maximum absolute atomic E-state index is 13.2. The Kier molecular flexibility index (Phi) is 13.1. The lowest BCUT2D eigenvalue weighted by Gasteiger charge is -2.31. The van der Waals surface area contributed by atoms with Crippen LogP contribution in [0.4, 0.5) is 0 Å². The van der Waals surface area contributed by atoms with Crippen LogP contribution in [-0.4, -0.2) is 110 Å². The summed E-state index contributed by atoms with van der Waals surface area (Å²) in [5.74, 6) is -6.17. The van der Waals surface area contributed by atoms with E-state index in [0.29, 0.717) is 12.8 Å². The number of carboxylic acid groups (broad SMARTS) is 2. The number of rotatable bonds is 15. The zero-order valence-electron chi connectivity index (χ0n) is 21.8. The van der Waals surface area contributed by atoms with E-state index in [1.807, 2.05) is 6.92 Å². The Hall–Kier alpha value is -3.30. The van der Waals surface area contributed by atoms with Crippen LogP contribution in [0.1, 0.15) is 52.9 Å². The van der Waals surface area contributed by atoms with E-state index in [1.54, 1.807) is 6.92 Å². The number of aliphatic hydroxyl groups excluding tert-OH is 2. The molecule has 7 atom stereocenters. The second-order valence-corrected chi connectivity index (χ2v) is 9.40. The fourth-order valence-electron chi connectivity index (χ4n) is 3.89. The minimum atomic E-state index is -1.58. The first-order valence-corrected chi connectivity index (χ1v) is 12.5. The first kappa shape index (κ1) is 32.7. The van der Waals surface area contributed by atoms with Gasteiger partial charge in [-0.2, -0.15) is 0 Å². The van der Waals surface area contributed by atoms with Crippen molar-refractivity contribution in [2.24, 2.45) is 11.7 Å². The van der Waals surface area contributed by atoms with Crippen molar-refractivity contribution in [2.45, 2.75) is 89.2 Å². The highest BCUT2D eigenvalue weighted by atomic mass is 16.4. The van der Waals surface area contributed by atoms with E-state index in [1.165, 1.54) is 6.92 Å². The molecule has 15 nitrogen and oxygen atoms in total. The van der Waals surface area contributed by atoms with Crippen LogP contribution >= 0.6 is 0 Å². The van der Waals surface area contributed by atoms with Gasteiger partial charge < -0.3 is 47.0 Å². The summed E-state index contributed by atoms with van der Waals surface area (Å²) < 4.78 is 0.